The van der Waals surface area contributed by atoms with E-state index in [1.807, 2.05) is 0 Å². The van der Waals surface area contributed by atoms with Crippen molar-refractivity contribution in [3.05, 3.63) is 34.9 Å². The lowest BCUT2D eigenvalue weighted by Crippen LogP contribution is -2.47. The van der Waals surface area contributed by atoms with Crippen molar-refractivity contribution in [3.63, 3.8) is 0 Å². The van der Waals surface area contributed by atoms with Crippen molar-refractivity contribution in [2.75, 3.05) is 6.54 Å². The first-order valence-electron chi connectivity index (χ1n) is 6.97. The Morgan fingerprint density at radius 3 is 2.80 bits per heavy atom. The maximum absolute atomic E-state index is 13.6. The number of benzene rings is 1. The second-order valence-corrected chi connectivity index (χ2v) is 5.49. The second-order valence-electron chi connectivity index (χ2n) is 5.49. The van der Waals surface area contributed by atoms with Crippen LogP contribution in [0.3, 0.4) is 0 Å². The third-order valence-corrected chi connectivity index (χ3v) is 3.71. The number of hydrogen-bond acceptors (Lipinski definition) is 2. The van der Waals surface area contributed by atoms with Crippen molar-refractivity contribution in [3.8, 4) is 0 Å². The average molecular weight is 282 g/mol. The summed E-state index contributed by atoms with van der Waals surface area (Å²) in [4.78, 5) is 12.0. The van der Waals surface area contributed by atoms with Crippen molar-refractivity contribution < 1.29 is 13.6 Å². The van der Waals surface area contributed by atoms with Crippen LogP contribution in [0.1, 0.15) is 42.1 Å². The van der Waals surface area contributed by atoms with Gasteiger partial charge in [0.15, 0.2) is 0 Å². The number of amides is 1. The average Bonchev–Trinajstić information content (AvgIpc) is 2.40. The highest BCUT2D eigenvalue weighted by molar-refractivity contribution is 5.94. The van der Waals surface area contributed by atoms with Gasteiger partial charge in [-0.3, -0.25) is 4.79 Å². The van der Waals surface area contributed by atoms with Crippen molar-refractivity contribution >= 4 is 5.91 Å². The summed E-state index contributed by atoms with van der Waals surface area (Å²) in [6.07, 6.45) is 3.25. The predicted octanol–water partition coefficient (Wildman–Crippen LogP) is 2.53. The molecular formula is C15H20F2N2O. The Kier molecular flexibility index (Phi) is 4.70. The Morgan fingerprint density at radius 2 is 2.10 bits per heavy atom. The van der Waals surface area contributed by atoms with Crippen molar-refractivity contribution in [1.82, 2.24) is 10.6 Å². The van der Waals surface area contributed by atoms with Crippen LogP contribution in [0.15, 0.2) is 12.1 Å². The molecule has 0 aliphatic carbocycles. The van der Waals surface area contributed by atoms with Gasteiger partial charge in [0.2, 0.25) is 0 Å². The van der Waals surface area contributed by atoms with E-state index in [9.17, 15) is 13.6 Å². The van der Waals surface area contributed by atoms with Gasteiger partial charge in [-0.2, -0.15) is 0 Å². The van der Waals surface area contributed by atoms with Crippen LogP contribution in [-0.2, 0) is 0 Å². The molecule has 1 aliphatic heterocycles. The van der Waals surface area contributed by atoms with Gasteiger partial charge in [0, 0.05) is 24.7 Å². The van der Waals surface area contributed by atoms with Crippen LogP contribution in [0, 0.1) is 18.6 Å². The first-order chi connectivity index (χ1) is 9.47. The Morgan fingerprint density at radius 1 is 1.35 bits per heavy atom. The standard InChI is InChI=1S/C15H20F2N2O/c1-9-6-12(14(17)7-13(9)16)15(20)18-8-11-5-3-4-10(2)19-11/h6-7,10-11,19H,3-5,8H2,1-2H3,(H,18,20). The van der Waals surface area contributed by atoms with E-state index in [0.29, 0.717) is 12.6 Å². The van der Waals surface area contributed by atoms with Gasteiger partial charge >= 0.3 is 0 Å². The molecule has 1 saturated heterocycles. The van der Waals surface area contributed by atoms with Crippen LogP contribution in [-0.4, -0.2) is 24.5 Å². The molecule has 1 fully saturated rings. The van der Waals surface area contributed by atoms with E-state index < -0.39 is 17.5 Å². The van der Waals surface area contributed by atoms with Crippen LogP contribution in [0.2, 0.25) is 0 Å². The quantitative estimate of drug-likeness (QED) is 0.894. The molecule has 0 aromatic heterocycles. The van der Waals surface area contributed by atoms with Gasteiger partial charge in [0.1, 0.15) is 11.6 Å². The molecule has 20 heavy (non-hydrogen) atoms. The summed E-state index contributed by atoms with van der Waals surface area (Å²) < 4.78 is 26.8. The molecule has 0 spiro atoms. The topological polar surface area (TPSA) is 41.1 Å². The minimum Gasteiger partial charge on any atom is -0.350 e. The van der Waals surface area contributed by atoms with E-state index in [2.05, 4.69) is 17.6 Å². The Labute approximate surface area is 117 Å². The molecule has 1 heterocycles. The maximum Gasteiger partial charge on any atom is 0.254 e. The number of nitrogens with one attached hydrogen (secondary N) is 2. The summed E-state index contributed by atoms with van der Waals surface area (Å²) in [5.41, 5.74) is 0.161. The zero-order chi connectivity index (χ0) is 14.7. The number of aryl methyl sites for hydroxylation is 1. The van der Waals surface area contributed by atoms with Gasteiger partial charge in [0.25, 0.3) is 5.91 Å². The highest BCUT2D eigenvalue weighted by Gasteiger charge is 2.20. The molecule has 0 bridgehead atoms. The SMILES string of the molecule is Cc1cc(C(=O)NCC2CCCC(C)N2)c(F)cc1F. The normalized spacial score (nSPS) is 22.6. The van der Waals surface area contributed by atoms with Crippen LogP contribution in [0.5, 0.6) is 0 Å². The number of halogens is 2. The third kappa shape index (κ3) is 3.54. The van der Waals surface area contributed by atoms with Crippen molar-refractivity contribution in [1.29, 1.82) is 0 Å². The summed E-state index contributed by atoms with van der Waals surface area (Å²) in [6, 6.07) is 2.66. The summed E-state index contributed by atoms with van der Waals surface area (Å²) in [7, 11) is 0. The van der Waals surface area contributed by atoms with Gasteiger partial charge < -0.3 is 10.6 Å². The maximum atomic E-state index is 13.6. The minimum absolute atomic E-state index is 0.104. The number of carbonyl (C=O) groups is 1. The van der Waals surface area contributed by atoms with E-state index in [0.717, 1.165) is 25.3 Å². The molecular weight excluding hydrogens is 262 g/mol. The van der Waals surface area contributed by atoms with Crippen LogP contribution in [0.25, 0.3) is 0 Å². The van der Waals surface area contributed by atoms with Crippen LogP contribution < -0.4 is 10.6 Å². The molecule has 1 aromatic carbocycles. The van der Waals surface area contributed by atoms with Crippen LogP contribution >= 0.6 is 0 Å². The van der Waals surface area contributed by atoms with E-state index in [4.69, 9.17) is 0 Å². The van der Waals surface area contributed by atoms with Gasteiger partial charge in [0.05, 0.1) is 5.56 Å². The fraction of sp³-hybridized carbons (Fsp3) is 0.533. The number of piperidine rings is 1. The molecule has 2 N–H and O–H groups in total. The molecule has 110 valence electrons. The highest BCUT2D eigenvalue weighted by Crippen LogP contribution is 2.15. The van der Waals surface area contributed by atoms with Crippen LogP contribution in [0.4, 0.5) is 8.78 Å². The Balaban J connectivity index is 1.96. The molecule has 2 rings (SSSR count). The molecule has 5 heteroatoms. The summed E-state index contributed by atoms with van der Waals surface area (Å²) >= 11 is 0. The van der Waals surface area contributed by atoms with Gasteiger partial charge in [-0.1, -0.05) is 6.42 Å². The zero-order valence-electron chi connectivity index (χ0n) is 11.8. The Bertz CT molecular complexity index is 505. The molecule has 2 atom stereocenters. The van der Waals surface area contributed by atoms with E-state index in [1.54, 1.807) is 0 Å². The van der Waals surface area contributed by atoms with Gasteiger partial charge in [-0.25, -0.2) is 8.78 Å². The number of hydrogen-bond donors (Lipinski definition) is 2. The molecule has 0 saturated carbocycles. The summed E-state index contributed by atoms with van der Waals surface area (Å²) in [6.45, 7) is 4.08. The number of carbonyl (C=O) groups excluding carboxylic acids is 1. The Hall–Kier alpha value is -1.49. The summed E-state index contributed by atoms with van der Waals surface area (Å²) in [5.74, 6) is -1.96. The fourth-order valence-electron chi connectivity index (χ4n) is 2.54. The monoisotopic (exact) mass is 282 g/mol. The first-order valence-corrected chi connectivity index (χ1v) is 6.97. The lowest BCUT2D eigenvalue weighted by Gasteiger charge is -2.28. The molecule has 1 amide bonds. The van der Waals surface area contributed by atoms with Gasteiger partial charge in [-0.15, -0.1) is 0 Å². The molecule has 0 radical (unpaired) electrons. The summed E-state index contributed by atoms with van der Waals surface area (Å²) in [5, 5.41) is 6.10. The molecule has 1 aromatic rings. The molecule has 2 unspecified atom stereocenters. The smallest absolute Gasteiger partial charge is 0.254 e. The molecule has 3 nitrogen and oxygen atoms in total. The van der Waals surface area contributed by atoms with Gasteiger partial charge in [-0.05, 0) is 38.3 Å². The fourth-order valence-corrected chi connectivity index (χ4v) is 2.54. The highest BCUT2D eigenvalue weighted by atomic mass is 19.1. The van der Waals surface area contributed by atoms with E-state index >= 15 is 0 Å². The van der Waals surface area contributed by atoms with E-state index in [-0.39, 0.29) is 17.2 Å². The first kappa shape index (κ1) is 14.9. The van der Waals surface area contributed by atoms with Crippen molar-refractivity contribution in [2.24, 2.45) is 0 Å². The molecule has 1 aliphatic rings. The second kappa shape index (κ2) is 6.31. The minimum atomic E-state index is -0.824. The zero-order valence-corrected chi connectivity index (χ0v) is 11.8. The van der Waals surface area contributed by atoms with E-state index in [1.165, 1.54) is 13.0 Å². The lowest BCUT2D eigenvalue weighted by molar-refractivity contribution is 0.0942. The lowest BCUT2D eigenvalue weighted by atomic mass is 9.99. The number of rotatable bonds is 3. The van der Waals surface area contributed by atoms with Crippen molar-refractivity contribution in [2.45, 2.75) is 45.2 Å². The largest absolute Gasteiger partial charge is 0.350 e. The predicted molar refractivity (Wildman–Crippen MR) is 73.7 cm³/mol. The third-order valence-electron chi connectivity index (χ3n) is 3.71.